The second-order valence-corrected chi connectivity index (χ2v) is 5.45. The fourth-order valence-corrected chi connectivity index (χ4v) is 2.39. The molecule has 0 spiro atoms. The van der Waals surface area contributed by atoms with E-state index in [-0.39, 0.29) is 24.9 Å². The summed E-state index contributed by atoms with van der Waals surface area (Å²) in [4.78, 5) is 37.1. The molecule has 0 unspecified atom stereocenters. The Bertz CT molecular complexity index is 696. The standard InChI is InChI=1S/C14H19N3O6/c1-8(2)17-7-15(4-5-23-3)13(20)10-12(19)11(18)9(14(21)22)6-16(10)17/h6,8,19H,4-5,7H2,1-3H3,(H,21,22). The van der Waals surface area contributed by atoms with Crippen molar-refractivity contribution in [2.45, 2.75) is 19.9 Å². The molecule has 2 N–H and O–H groups in total. The molecular weight excluding hydrogens is 306 g/mol. The summed E-state index contributed by atoms with van der Waals surface area (Å²) in [5, 5.41) is 20.9. The van der Waals surface area contributed by atoms with Crippen molar-refractivity contribution in [3.05, 3.63) is 27.7 Å². The molecule has 9 heteroatoms. The molecule has 2 rings (SSSR count). The van der Waals surface area contributed by atoms with E-state index in [1.54, 1.807) is 5.01 Å². The highest BCUT2D eigenvalue weighted by molar-refractivity contribution is 5.97. The molecule has 1 amide bonds. The number of rotatable bonds is 5. The molecule has 0 aromatic carbocycles. The molecule has 0 saturated carbocycles. The number of aromatic carboxylic acids is 1. The van der Waals surface area contributed by atoms with Crippen molar-refractivity contribution < 1.29 is 24.5 Å². The molecule has 0 radical (unpaired) electrons. The zero-order valence-corrected chi connectivity index (χ0v) is 13.1. The average molecular weight is 325 g/mol. The Hall–Kier alpha value is -2.55. The second-order valence-electron chi connectivity index (χ2n) is 5.45. The van der Waals surface area contributed by atoms with Crippen molar-refractivity contribution in [3.8, 4) is 5.75 Å². The molecule has 1 aromatic rings. The third-order valence-electron chi connectivity index (χ3n) is 3.64. The van der Waals surface area contributed by atoms with Gasteiger partial charge in [0, 0.05) is 25.9 Å². The molecule has 0 atom stereocenters. The first kappa shape index (κ1) is 16.8. The van der Waals surface area contributed by atoms with E-state index in [4.69, 9.17) is 9.84 Å². The molecule has 1 aromatic heterocycles. The molecule has 1 aliphatic heterocycles. The Morgan fingerprint density at radius 2 is 2.04 bits per heavy atom. The van der Waals surface area contributed by atoms with Gasteiger partial charge in [-0.1, -0.05) is 0 Å². The summed E-state index contributed by atoms with van der Waals surface area (Å²) in [7, 11) is 1.50. The minimum absolute atomic E-state index is 0.101. The van der Waals surface area contributed by atoms with Crippen LogP contribution in [0.4, 0.5) is 0 Å². The van der Waals surface area contributed by atoms with Crippen LogP contribution < -0.4 is 10.4 Å². The molecule has 1 aliphatic rings. The van der Waals surface area contributed by atoms with Gasteiger partial charge < -0.3 is 19.8 Å². The number of carbonyl (C=O) groups is 2. The lowest BCUT2D eigenvalue weighted by molar-refractivity contribution is 0.0607. The van der Waals surface area contributed by atoms with Crippen molar-refractivity contribution in [2.24, 2.45) is 0 Å². The van der Waals surface area contributed by atoms with Crippen LogP contribution in [0.15, 0.2) is 11.0 Å². The summed E-state index contributed by atoms with van der Waals surface area (Å²) >= 11 is 0. The summed E-state index contributed by atoms with van der Waals surface area (Å²) in [6.45, 7) is 4.48. The zero-order valence-electron chi connectivity index (χ0n) is 13.1. The fourth-order valence-electron chi connectivity index (χ4n) is 2.39. The van der Waals surface area contributed by atoms with Crippen LogP contribution in [0, 0.1) is 0 Å². The van der Waals surface area contributed by atoms with Gasteiger partial charge in [0.05, 0.1) is 6.61 Å². The number of ether oxygens (including phenoxy) is 1. The number of fused-ring (bicyclic) bond motifs is 1. The molecule has 0 aliphatic carbocycles. The highest BCUT2D eigenvalue weighted by Gasteiger charge is 2.34. The van der Waals surface area contributed by atoms with E-state index >= 15 is 0 Å². The number of methoxy groups -OCH3 is 1. The van der Waals surface area contributed by atoms with Gasteiger partial charge in [-0.2, -0.15) is 0 Å². The third-order valence-corrected chi connectivity index (χ3v) is 3.64. The minimum Gasteiger partial charge on any atom is -0.502 e. The quantitative estimate of drug-likeness (QED) is 0.761. The van der Waals surface area contributed by atoms with Crippen LogP contribution in [0.2, 0.25) is 0 Å². The lowest BCUT2D eigenvalue weighted by atomic mass is 10.2. The van der Waals surface area contributed by atoms with Gasteiger partial charge in [0.15, 0.2) is 11.4 Å². The van der Waals surface area contributed by atoms with Gasteiger partial charge >= 0.3 is 5.97 Å². The van der Waals surface area contributed by atoms with Gasteiger partial charge in [0.1, 0.15) is 12.2 Å². The molecular formula is C14H19N3O6. The molecule has 0 fully saturated rings. The maximum absolute atomic E-state index is 12.5. The maximum atomic E-state index is 12.5. The van der Waals surface area contributed by atoms with Crippen LogP contribution in [0.5, 0.6) is 5.75 Å². The Morgan fingerprint density at radius 1 is 1.39 bits per heavy atom. The van der Waals surface area contributed by atoms with E-state index in [0.717, 1.165) is 6.20 Å². The van der Waals surface area contributed by atoms with Crippen LogP contribution in [-0.2, 0) is 4.74 Å². The first-order valence-electron chi connectivity index (χ1n) is 7.06. The van der Waals surface area contributed by atoms with Gasteiger partial charge in [-0.3, -0.25) is 19.3 Å². The van der Waals surface area contributed by atoms with Crippen LogP contribution in [0.25, 0.3) is 0 Å². The molecule has 9 nitrogen and oxygen atoms in total. The van der Waals surface area contributed by atoms with E-state index in [1.807, 2.05) is 13.8 Å². The van der Waals surface area contributed by atoms with Crippen molar-refractivity contribution >= 4 is 11.9 Å². The van der Waals surface area contributed by atoms with Gasteiger partial charge in [-0.15, -0.1) is 0 Å². The van der Waals surface area contributed by atoms with Crippen LogP contribution in [0.1, 0.15) is 34.7 Å². The maximum Gasteiger partial charge on any atom is 0.341 e. The lowest BCUT2D eigenvalue weighted by Crippen LogP contribution is -2.57. The number of carbonyl (C=O) groups excluding carboxylic acids is 1. The summed E-state index contributed by atoms with van der Waals surface area (Å²) in [5.74, 6) is -2.87. The SMILES string of the molecule is COCCN1CN(C(C)C)n2cc(C(=O)O)c(=O)c(O)c2C1=O. The van der Waals surface area contributed by atoms with Crippen molar-refractivity contribution in [2.75, 3.05) is 31.9 Å². The summed E-state index contributed by atoms with van der Waals surface area (Å²) in [6, 6.07) is -0.101. The topological polar surface area (TPSA) is 112 Å². The van der Waals surface area contributed by atoms with E-state index in [2.05, 4.69) is 0 Å². The van der Waals surface area contributed by atoms with E-state index in [1.165, 1.54) is 16.7 Å². The number of nitrogens with zero attached hydrogens (tertiary/aromatic N) is 3. The highest BCUT2D eigenvalue weighted by Crippen LogP contribution is 2.22. The summed E-state index contributed by atoms with van der Waals surface area (Å²) in [5.41, 5.74) is -1.90. The van der Waals surface area contributed by atoms with Crippen molar-refractivity contribution in [1.82, 2.24) is 9.58 Å². The number of carboxylic acid groups (broad SMARTS) is 1. The Balaban J connectivity index is 2.63. The second kappa shape index (κ2) is 6.29. The van der Waals surface area contributed by atoms with Gasteiger partial charge in [0.2, 0.25) is 5.43 Å². The third kappa shape index (κ3) is 2.87. The Kier molecular flexibility index (Phi) is 4.60. The number of pyridine rings is 1. The minimum atomic E-state index is -1.46. The number of carboxylic acids is 1. The number of hydrogen-bond acceptors (Lipinski definition) is 6. The first-order chi connectivity index (χ1) is 10.8. The fraction of sp³-hybridized carbons (Fsp3) is 0.500. The normalized spacial score (nSPS) is 14.3. The number of amides is 1. The van der Waals surface area contributed by atoms with Gasteiger partial charge in [-0.25, -0.2) is 4.79 Å². The summed E-state index contributed by atoms with van der Waals surface area (Å²) < 4.78 is 6.21. The van der Waals surface area contributed by atoms with Gasteiger partial charge in [0.25, 0.3) is 5.91 Å². The molecule has 0 bridgehead atoms. The first-order valence-corrected chi connectivity index (χ1v) is 7.06. The summed E-state index contributed by atoms with van der Waals surface area (Å²) in [6.07, 6.45) is 1.07. The average Bonchev–Trinajstić information content (AvgIpc) is 2.48. The van der Waals surface area contributed by atoms with E-state index < -0.39 is 28.6 Å². The smallest absolute Gasteiger partial charge is 0.341 e. The van der Waals surface area contributed by atoms with Gasteiger partial charge in [-0.05, 0) is 13.8 Å². The lowest BCUT2D eigenvalue weighted by Gasteiger charge is -2.41. The van der Waals surface area contributed by atoms with Crippen LogP contribution in [-0.4, -0.2) is 64.6 Å². The van der Waals surface area contributed by atoms with Crippen LogP contribution in [0.3, 0.4) is 0 Å². The van der Waals surface area contributed by atoms with E-state index in [0.29, 0.717) is 6.61 Å². The van der Waals surface area contributed by atoms with Crippen LogP contribution >= 0.6 is 0 Å². The van der Waals surface area contributed by atoms with Crippen molar-refractivity contribution in [1.29, 1.82) is 0 Å². The highest BCUT2D eigenvalue weighted by atomic mass is 16.5. The van der Waals surface area contributed by atoms with E-state index in [9.17, 15) is 19.5 Å². The number of aromatic nitrogens is 1. The Morgan fingerprint density at radius 3 is 2.57 bits per heavy atom. The molecule has 126 valence electrons. The predicted molar refractivity (Wildman–Crippen MR) is 80.5 cm³/mol. The number of hydrogen-bond donors (Lipinski definition) is 2. The Labute approximate surface area is 132 Å². The molecule has 2 heterocycles. The van der Waals surface area contributed by atoms with Crippen molar-refractivity contribution in [3.63, 3.8) is 0 Å². The molecule has 23 heavy (non-hydrogen) atoms. The molecule has 0 saturated heterocycles. The number of aromatic hydroxyl groups is 1. The largest absolute Gasteiger partial charge is 0.502 e. The monoisotopic (exact) mass is 325 g/mol. The zero-order chi connectivity index (χ0) is 17.3. The predicted octanol–water partition coefficient (Wildman–Crippen LogP) is -0.342.